The normalized spacial score (nSPS) is 11.7. The van der Waals surface area contributed by atoms with Crippen LogP contribution in [0.1, 0.15) is 0 Å². The van der Waals surface area contributed by atoms with Crippen molar-refractivity contribution in [3.63, 3.8) is 0 Å². The van der Waals surface area contributed by atoms with Crippen LogP contribution < -0.4 is 0 Å². The fourth-order valence-electron chi connectivity index (χ4n) is 8.75. The molecule has 0 aliphatic carbocycles. The number of rotatable bonds is 6. The van der Waals surface area contributed by atoms with E-state index in [1.807, 2.05) is 35.9 Å². The minimum atomic E-state index is 0.693. The Hall–Kier alpha value is -7.67. The lowest BCUT2D eigenvalue weighted by Crippen LogP contribution is -1.99. The second kappa shape index (κ2) is 13.5. The van der Waals surface area contributed by atoms with Crippen molar-refractivity contribution in [2.75, 3.05) is 0 Å². The van der Waals surface area contributed by atoms with E-state index in [-0.39, 0.29) is 0 Å². The first-order valence-electron chi connectivity index (χ1n) is 19.8. The van der Waals surface area contributed by atoms with Crippen LogP contribution in [0.4, 0.5) is 0 Å². The maximum Gasteiger partial charge on any atom is 0.161 e. The van der Waals surface area contributed by atoms with Gasteiger partial charge in [-0.2, -0.15) is 0 Å². The lowest BCUT2D eigenvalue weighted by atomic mass is 9.99. The molecule has 0 saturated carbocycles. The van der Waals surface area contributed by atoms with Crippen molar-refractivity contribution >= 4 is 64.3 Å². The number of nitrogens with zero attached hydrogens (tertiary/aromatic N) is 5. The fourth-order valence-corrected chi connectivity index (χ4v) is 9.97. The molecular formula is C53H33N5S. The van der Waals surface area contributed by atoms with Gasteiger partial charge in [-0.1, -0.05) is 103 Å². The van der Waals surface area contributed by atoms with Crippen molar-refractivity contribution in [2.24, 2.45) is 0 Å². The molecule has 0 fully saturated rings. The van der Waals surface area contributed by atoms with E-state index in [1.54, 1.807) is 0 Å². The first-order valence-corrected chi connectivity index (χ1v) is 20.6. The summed E-state index contributed by atoms with van der Waals surface area (Å²) in [6, 6.07) is 66.9. The Bertz CT molecular complexity index is 3520. The van der Waals surface area contributed by atoms with E-state index in [0.29, 0.717) is 5.82 Å². The van der Waals surface area contributed by atoms with Crippen molar-refractivity contribution in [1.82, 2.24) is 24.1 Å². The largest absolute Gasteiger partial charge is 0.308 e. The molecule has 0 aliphatic rings. The van der Waals surface area contributed by atoms with Crippen LogP contribution >= 0.6 is 11.3 Å². The first kappa shape index (κ1) is 33.5. The molecule has 59 heavy (non-hydrogen) atoms. The highest BCUT2D eigenvalue weighted by molar-refractivity contribution is 7.26. The second-order valence-corrected chi connectivity index (χ2v) is 15.9. The number of thiophene rings is 1. The Balaban J connectivity index is 1.15. The molecule has 0 radical (unpaired) electrons. The van der Waals surface area contributed by atoms with Gasteiger partial charge in [0.1, 0.15) is 5.82 Å². The number of aromatic nitrogens is 5. The number of hydrogen-bond acceptors (Lipinski definition) is 4. The van der Waals surface area contributed by atoms with Gasteiger partial charge in [-0.3, -0.25) is 4.57 Å². The zero-order valence-corrected chi connectivity index (χ0v) is 32.5. The van der Waals surface area contributed by atoms with E-state index < -0.39 is 0 Å². The maximum absolute atomic E-state index is 5.17. The van der Waals surface area contributed by atoms with Crippen molar-refractivity contribution in [3.8, 4) is 56.4 Å². The van der Waals surface area contributed by atoms with Gasteiger partial charge in [0.15, 0.2) is 5.82 Å². The van der Waals surface area contributed by atoms with E-state index >= 15 is 0 Å². The van der Waals surface area contributed by atoms with Crippen LogP contribution in [0.15, 0.2) is 200 Å². The molecule has 0 spiro atoms. The monoisotopic (exact) mass is 771 g/mol. The molecule has 12 aromatic rings. The molecule has 6 heteroatoms. The third-order valence-electron chi connectivity index (χ3n) is 11.4. The van der Waals surface area contributed by atoms with E-state index in [9.17, 15) is 0 Å². The minimum Gasteiger partial charge on any atom is -0.308 e. The highest BCUT2D eigenvalue weighted by Crippen LogP contribution is 2.48. The molecule has 0 unspecified atom stereocenters. The first-order chi connectivity index (χ1) is 29.3. The molecule has 0 saturated heterocycles. The molecule has 0 aliphatic heterocycles. The fraction of sp³-hybridized carbons (Fsp3) is 0. The molecular weight excluding hydrogens is 739 g/mol. The van der Waals surface area contributed by atoms with Gasteiger partial charge in [0, 0.05) is 65.8 Å². The van der Waals surface area contributed by atoms with Crippen LogP contribution in [-0.4, -0.2) is 24.1 Å². The van der Waals surface area contributed by atoms with E-state index in [2.05, 4.69) is 185 Å². The van der Waals surface area contributed by atoms with Crippen molar-refractivity contribution in [2.45, 2.75) is 0 Å². The van der Waals surface area contributed by atoms with Crippen molar-refractivity contribution < 1.29 is 0 Å². The molecule has 4 heterocycles. The Kier molecular flexibility index (Phi) is 7.64. The van der Waals surface area contributed by atoms with Gasteiger partial charge < -0.3 is 4.57 Å². The van der Waals surface area contributed by atoms with Crippen molar-refractivity contribution in [1.29, 1.82) is 0 Å². The van der Waals surface area contributed by atoms with Gasteiger partial charge in [0.25, 0.3) is 0 Å². The summed E-state index contributed by atoms with van der Waals surface area (Å²) in [7, 11) is 0. The molecule has 0 amide bonds. The summed E-state index contributed by atoms with van der Waals surface area (Å²) in [5.41, 5.74) is 13.2. The number of imidazole rings is 1. The quantitative estimate of drug-likeness (QED) is 0.169. The lowest BCUT2D eigenvalue weighted by molar-refractivity contribution is 1.10. The van der Waals surface area contributed by atoms with Gasteiger partial charge in [-0.15, -0.1) is 11.3 Å². The summed E-state index contributed by atoms with van der Waals surface area (Å²) in [6.45, 7) is 0. The standard InChI is InChI=1S/C53H33N5S/c1-4-13-34(14-5-1)37-23-27-46-43(32-37)49-50(57(46)40-25-21-36(22-26-40)53-56-45-19-10-11-20-47(45)58(53)39-17-8-3-9-18-39)44(52-54-29-12-30-55-52)33-42-41-31-38(35-15-6-2-7-16-35)24-28-48(41)59-51(42)49/h1-33H. The number of fused-ring (bicyclic) bond motifs is 8. The topological polar surface area (TPSA) is 48.5 Å². The van der Waals surface area contributed by atoms with Crippen LogP contribution in [0.25, 0.3) is 109 Å². The summed E-state index contributed by atoms with van der Waals surface area (Å²) in [5, 5.41) is 4.83. The molecule has 4 aromatic heterocycles. The second-order valence-electron chi connectivity index (χ2n) is 14.9. The summed E-state index contributed by atoms with van der Waals surface area (Å²) in [4.78, 5) is 14.9. The number of para-hydroxylation sites is 3. The highest BCUT2D eigenvalue weighted by Gasteiger charge is 2.24. The van der Waals surface area contributed by atoms with Gasteiger partial charge >= 0.3 is 0 Å². The zero-order chi connectivity index (χ0) is 38.9. The van der Waals surface area contributed by atoms with Gasteiger partial charge in [-0.25, -0.2) is 15.0 Å². The predicted octanol–water partition coefficient (Wildman–Crippen LogP) is 13.9. The minimum absolute atomic E-state index is 0.693. The lowest BCUT2D eigenvalue weighted by Gasteiger charge is -2.13. The summed E-state index contributed by atoms with van der Waals surface area (Å²) < 4.78 is 7.16. The Labute approximate surface area is 343 Å². The van der Waals surface area contributed by atoms with Gasteiger partial charge in [0.2, 0.25) is 0 Å². The molecule has 276 valence electrons. The van der Waals surface area contributed by atoms with Crippen LogP contribution in [-0.2, 0) is 0 Å². The van der Waals surface area contributed by atoms with E-state index in [4.69, 9.17) is 15.0 Å². The van der Waals surface area contributed by atoms with Gasteiger partial charge in [0.05, 0.1) is 22.1 Å². The number of benzene rings is 8. The molecule has 12 rings (SSSR count). The Morgan fingerprint density at radius 2 is 1.03 bits per heavy atom. The average Bonchev–Trinajstić information content (AvgIpc) is 3.99. The average molecular weight is 772 g/mol. The maximum atomic E-state index is 5.17. The molecule has 5 nitrogen and oxygen atoms in total. The highest BCUT2D eigenvalue weighted by atomic mass is 32.1. The smallest absolute Gasteiger partial charge is 0.161 e. The Morgan fingerprint density at radius 1 is 0.424 bits per heavy atom. The molecule has 0 bridgehead atoms. The van der Waals surface area contributed by atoms with Crippen LogP contribution in [0.3, 0.4) is 0 Å². The Morgan fingerprint density at radius 3 is 1.76 bits per heavy atom. The van der Waals surface area contributed by atoms with E-state index in [0.717, 1.165) is 50.4 Å². The van der Waals surface area contributed by atoms with Crippen LogP contribution in [0, 0.1) is 0 Å². The molecule has 8 aromatic carbocycles. The third-order valence-corrected chi connectivity index (χ3v) is 12.6. The third kappa shape index (κ3) is 5.42. The summed E-state index contributed by atoms with van der Waals surface area (Å²) in [5.74, 6) is 1.59. The SMILES string of the molecule is c1ccc(-c2ccc3sc4c(cc(-c5ncccn5)c5c4c4cc(-c6ccccc6)ccc4n5-c4ccc(-c5nc6ccccc6n5-c5ccccc5)cc4)c3c2)cc1. The summed E-state index contributed by atoms with van der Waals surface area (Å²) >= 11 is 1.86. The molecule has 0 N–H and O–H groups in total. The predicted molar refractivity (Wildman–Crippen MR) is 246 cm³/mol. The summed E-state index contributed by atoms with van der Waals surface area (Å²) in [6.07, 6.45) is 3.68. The van der Waals surface area contributed by atoms with Crippen LogP contribution in [0.5, 0.6) is 0 Å². The molecule has 0 atom stereocenters. The van der Waals surface area contributed by atoms with Crippen molar-refractivity contribution in [3.05, 3.63) is 200 Å². The zero-order valence-electron chi connectivity index (χ0n) is 31.7. The number of hydrogen-bond donors (Lipinski definition) is 0. The van der Waals surface area contributed by atoms with Gasteiger partial charge in [-0.05, 0) is 107 Å². The van der Waals surface area contributed by atoms with Crippen LogP contribution in [0.2, 0.25) is 0 Å². The van der Waals surface area contributed by atoms with E-state index in [1.165, 1.54) is 53.2 Å².